The molecule has 1 N–H and O–H groups in total. The quantitative estimate of drug-likeness (QED) is 0.798. The molecule has 0 radical (unpaired) electrons. The van der Waals surface area contributed by atoms with E-state index in [4.69, 9.17) is 11.6 Å². The van der Waals surface area contributed by atoms with Gasteiger partial charge in [0.25, 0.3) is 0 Å². The van der Waals surface area contributed by atoms with Crippen LogP contribution < -0.4 is 5.32 Å². The van der Waals surface area contributed by atoms with Gasteiger partial charge in [0, 0.05) is 11.4 Å². The highest BCUT2D eigenvalue weighted by atomic mass is 35.5. The summed E-state index contributed by atoms with van der Waals surface area (Å²) in [5, 5.41) is 6.72. The molecule has 1 aliphatic carbocycles. The summed E-state index contributed by atoms with van der Waals surface area (Å²) in [6.07, 6.45) is 1.23. The van der Waals surface area contributed by atoms with Crippen LogP contribution in [-0.4, -0.2) is 11.0 Å². The van der Waals surface area contributed by atoms with Gasteiger partial charge in [-0.3, -0.25) is 0 Å². The zero-order chi connectivity index (χ0) is 8.77. The lowest BCUT2D eigenvalue weighted by atomic mass is 10.2. The first-order valence-corrected chi connectivity index (χ1v) is 5.21. The normalized spacial score (nSPS) is 25.4. The second-order valence-corrected chi connectivity index (χ2v) is 5.11. The first-order chi connectivity index (χ1) is 5.58. The number of hydrogen-bond acceptors (Lipinski definition) is 3. The summed E-state index contributed by atoms with van der Waals surface area (Å²) < 4.78 is 0. The third-order valence-corrected chi connectivity index (χ3v) is 3.38. The number of halogens is 1. The molecule has 0 saturated heterocycles. The second kappa shape index (κ2) is 2.60. The Hall–Kier alpha value is -0.280. The Morgan fingerprint density at radius 3 is 2.83 bits per heavy atom. The Morgan fingerprint density at radius 2 is 2.42 bits per heavy atom. The van der Waals surface area contributed by atoms with E-state index in [0.29, 0.717) is 16.6 Å². The Balaban J connectivity index is 1.97. The smallest absolute Gasteiger partial charge is 0.184 e. The van der Waals surface area contributed by atoms with Crippen LogP contribution in [0.4, 0.5) is 5.13 Å². The van der Waals surface area contributed by atoms with Crippen molar-refractivity contribution in [3.8, 4) is 0 Å². The molecule has 1 unspecified atom stereocenters. The molecule has 1 aromatic heterocycles. The molecule has 66 valence electrons. The molecule has 1 aromatic rings. The fourth-order valence-electron chi connectivity index (χ4n) is 1.18. The Kier molecular flexibility index (Phi) is 1.81. The highest BCUT2D eigenvalue weighted by Gasteiger charge is 2.45. The van der Waals surface area contributed by atoms with Gasteiger partial charge < -0.3 is 5.32 Å². The lowest BCUT2D eigenvalue weighted by molar-refractivity contribution is 0.630. The molecule has 0 aliphatic heterocycles. The summed E-state index contributed by atoms with van der Waals surface area (Å²) in [5.74, 6) is 0. The average Bonchev–Trinajstić information content (AvgIpc) is 2.41. The maximum Gasteiger partial charge on any atom is 0.184 e. The van der Waals surface area contributed by atoms with E-state index in [1.807, 2.05) is 5.38 Å². The van der Waals surface area contributed by atoms with Crippen molar-refractivity contribution in [3.63, 3.8) is 0 Å². The highest BCUT2D eigenvalue weighted by molar-refractivity contribution is 7.14. The van der Waals surface area contributed by atoms with Crippen LogP contribution in [0.5, 0.6) is 0 Å². The molecule has 2 rings (SSSR count). The summed E-state index contributed by atoms with van der Waals surface area (Å²) in [6.45, 7) is 4.50. The van der Waals surface area contributed by atoms with Gasteiger partial charge in [0.15, 0.2) is 5.13 Å². The van der Waals surface area contributed by atoms with E-state index < -0.39 is 0 Å². The lowest BCUT2D eigenvalue weighted by Crippen LogP contribution is -2.07. The predicted octanol–water partition coefficient (Wildman–Crippen LogP) is 3.01. The number of thiazole rings is 1. The van der Waals surface area contributed by atoms with Gasteiger partial charge in [-0.1, -0.05) is 25.4 Å². The number of hydrogen-bond donors (Lipinski definition) is 1. The molecule has 1 aliphatic rings. The summed E-state index contributed by atoms with van der Waals surface area (Å²) in [6, 6.07) is 0.583. The maximum absolute atomic E-state index is 5.69. The monoisotopic (exact) mass is 202 g/mol. The molecule has 1 saturated carbocycles. The fourth-order valence-corrected chi connectivity index (χ4v) is 2.07. The van der Waals surface area contributed by atoms with Crippen molar-refractivity contribution in [2.75, 3.05) is 5.32 Å². The number of anilines is 1. The van der Waals surface area contributed by atoms with E-state index in [-0.39, 0.29) is 0 Å². The van der Waals surface area contributed by atoms with Crippen molar-refractivity contribution in [2.45, 2.75) is 26.3 Å². The molecular formula is C8H11ClN2S. The van der Waals surface area contributed by atoms with Crippen LogP contribution in [0.1, 0.15) is 20.3 Å². The molecule has 12 heavy (non-hydrogen) atoms. The van der Waals surface area contributed by atoms with Crippen LogP contribution >= 0.6 is 22.9 Å². The minimum Gasteiger partial charge on any atom is -0.358 e. The van der Waals surface area contributed by atoms with E-state index in [0.717, 1.165) is 5.13 Å². The third-order valence-electron chi connectivity index (χ3n) is 2.29. The van der Waals surface area contributed by atoms with Crippen molar-refractivity contribution >= 4 is 28.1 Å². The number of nitrogens with zero attached hydrogens (tertiary/aromatic N) is 1. The van der Waals surface area contributed by atoms with Crippen molar-refractivity contribution in [3.05, 3.63) is 10.5 Å². The van der Waals surface area contributed by atoms with E-state index in [9.17, 15) is 0 Å². The van der Waals surface area contributed by atoms with E-state index in [2.05, 4.69) is 24.1 Å². The Labute approximate surface area is 81.0 Å². The standard InChI is InChI=1S/C8H11ClN2S/c1-8(2)3-5(8)10-7-11-6(9)4-12-7/h4-5H,3H2,1-2H3,(H,10,11). The van der Waals surface area contributed by atoms with Gasteiger partial charge in [0.1, 0.15) is 5.15 Å². The molecule has 0 aromatic carbocycles. The third kappa shape index (κ3) is 1.57. The number of rotatable bonds is 2. The van der Waals surface area contributed by atoms with Gasteiger partial charge in [0.2, 0.25) is 0 Å². The van der Waals surface area contributed by atoms with Gasteiger partial charge in [-0.2, -0.15) is 0 Å². The van der Waals surface area contributed by atoms with Crippen molar-refractivity contribution in [1.29, 1.82) is 0 Å². The van der Waals surface area contributed by atoms with Gasteiger partial charge in [-0.15, -0.1) is 11.3 Å². The first kappa shape index (κ1) is 8.32. The number of aromatic nitrogens is 1. The van der Waals surface area contributed by atoms with Crippen LogP contribution in [0.2, 0.25) is 5.15 Å². The van der Waals surface area contributed by atoms with Crippen LogP contribution in [0, 0.1) is 5.41 Å². The zero-order valence-corrected chi connectivity index (χ0v) is 8.67. The summed E-state index contributed by atoms with van der Waals surface area (Å²) in [7, 11) is 0. The molecule has 1 heterocycles. The average molecular weight is 203 g/mol. The molecule has 2 nitrogen and oxygen atoms in total. The van der Waals surface area contributed by atoms with Crippen molar-refractivity contribution < 1.29 is 0 Å². The van der Waals surface area contributed by atoms with Gasteiger partial charge in [0.05, 0.1) is 0 Å². The van der Waals surface area contributed by atoms with Crippen LogP contribution in [0.3, 0.4) is 0 Å². The van der Waals surface area contributed by atoms with Crippen molar-refractivity contribution in [1.82, 2.24) is 4.98 Å². The second-order valence-electron chi connectivity index (χ2n) is 3.87. The molecule has 0 bridgehead atoms. The zero-order valence-electron chi connectivity index (χ0n) is 7.10. The summed E-state index contributed by atoms with van der Waals surface area (Å²) in [4.78, 5) is 4.13. The molecule has 1 atom stereocenters. The number of nitrogens with one attached hydrogen (secondary N) is 1. The van der Waals surface area contributed by atoms with Gasteiger partial charge >= 0.3 is 0 Å². The van der Waals surface area contributed by atoms with Crippen LogP contribution in [0.15, 0.2) is 5.38 Å². The molecule has 0 amide bonds. The largest absolute Gasteiger partial charge is 0.358 e. The fraction of sp³-hybridized carbons (Fsp3) is 0.625. The predicted molar refractivity (Wildman–Crippen MR) is 52.9 cm³/mol. The molecule has 0 spiro atoms. The Morgan fingerprint density at radius 1 is 1.75 bits per heavy atom. The van der Waals surface area contributed by atoms with Crippen molar-refractivity contribution in [2.24, 2.45) is 5.41 Å². The minimum absolute atomic E-state index is 0.443. The first-order valence-electron chi connectivity index (χ1n) is 3.95. The maximum atomic E-state index is 5.69. The highest BCUT2D eigenvalue weighted by Crippen LogP contribution is 2.46. The van der Waals surface area contributed by atoms with Crippen LogP contribution in [0.25, 0.3) is 0 Å². The van der Waals surface area contributed by atoms with E-state index >= 15 is 0 Å². The lowest BCUT2D eigenvalue weighted by Gasteiger charge is -2.03. The topological polar surface area (TPSA) is 24.9 Å². The molecular weight excluding hydrogens is 192 g/mol. The van der Waals surface area contributed by atoms with Gasteiger partial charge in [-0.25, -0.2) is 4.98 Å². The Bertz CT molecular complexity index is 295. The van der Waals surface area contributed by atoms with Gasteiger partial charge in [-0.05, 0) is 11.8 Å². The summed E-state index contributed by atoms with van der Waals surface area (Å²) in [5.41, 5.74) is 0.443. The molecule has 4 heteroatoms. The molecule has 1 fully saturated rings. The summed E-state index contributed by atoms with van der Waals surface area (Å²) >= 11 is 7.26. The van der Waals surface area contributed by atoms with E-state index in [1.165, 1.54) is 6.42 Å². The minimum atomic E-state index is 0.443. The van der Waals surface area contributed by atoms with Crippen LogP contribution in [-0.2, 0) is 0 Å². The van der Waals surface area contributed by atoms with E-state index in [1.54, 1.807) is 11.3 Å². The SMILES string of the molecule is CC1(C)CC1Nc1nc(Cl)cs1.